The Kier molecular flexibility index (Phi) is 5.90. The van der Waals surface area contributed by atoms with Gasteiger partial charge in [-0.1, -0.05) is 19.9 Å². The number of rotatable bonds is 7. The molecule has 1 unspecified atom stereocenters. The number of nitrogens with zero attached hydrogens (tertiary/aromatic N) is 2. The summed E-state index contributed by atoms with van der Waals surface area (Å²) in [6.07, 6.45) is 0. The molecule has 0 radical (unpaired) electrons. The Labute approximate surface area is 144 Å². The minimum atomic E-state index is -1.04. The van der Waals surface area contributed by atoms with Crippen LogP contribution in [-0.4, -0.2) is 35.1 Å². The van der Waals surface area contributed by atoms with Crippen molar-refractivity contribution in [2.24, 2.45) is 0 Å². The molecule has 5 nitrogen and oxygen atoms in total. The van der Waals surface area contributed by atoms with Gasteiger partial charge in [0.1, 0.15) is 6.04 Å². The number of aromatic nitrogens is 1. The fourth-order valence-electron chi connectivity index (χ4n) is 2.45. The van der Waals surface area contributed by atoms with Gasteiger partial charge in [0, 0.05) is 17.8 Å². The van der Waals surface area contributed by atoms with E-state index in [-0.39, 0.29) is 5.75 Å². The number of aliphatic carboxylic acids is 1. The molecule has 0 amide bonds. The third kappa shape index (κ3) is 4.10. The highest BCUT2D eigenvalue weighted by Crippen LogP contribution is 2.27. The first-order valence-corrected chi connectivity index (χ1v) is 8.42. The first kappa shape index (κ1) is 18.4. The lowest BCUT2D eigenvalue weighted by atomic mass is 10.1. The standard InChI is InChI=1S/C17H21FN2O3S/c1-10(2)16-19-12(9-24-16)8-20(3)15(17(21)22)11-5-6-14(23-4)13(18)7-11/h5-7,9-10,15H,8H2,1-4H3,(H,21,22). The molecule has 2 aromatic rings. The number of carbonyl (C=O) groups is 1. The van der Waals surface area contributed by atoms with Crippen molar-refractivity contribution in [2.75, 3.05) is 14.2 Å². The number of halogens is 1. The second-order valence-corrected chi connectivity index (χ2v) is 6.77. The molecule has 2 rings (SSSR count). The molecule has 0 spiro atoms. The monoisotopic (exact) mass is 352 g/mol. The van der Waals surface area contributed by atoms with Crippen LogP contribution in [0.15, 0.2) is 23.6 Å². The van der Waals surface area contributed by atoms with Gasteiger partial charge in [0.25, 0.3) is 0 Å². The summed E-state index contributed by atoms with van der Waals surface area (Å²) in [4.78, 5) is 17.9. The number of benzene rings is 1. The van der Waals surface area contributed by atoms with E-state index in [4.69, 9.17) is 4.74 Å². The summed E-state index contributed by atoms with van der Waals surface area (Å²) in [7, 11) is 3.06. The lowest BCUT2D eigenvalue weighted by Crippen LogP contribution is -2.30. The SMILES string of the molecule is COc1ccc(C(C(=O)O)N(C)Cc2csc(C(C)C)n2)cc1F. The van der Waals surface area contributed by atoms with Crippen molar-refractivity contribution in [3.8, 4) is 5.75 Å². The van der Waals surface area contributed by atoms with E-state index >= 15 is 0 Å². The molecule has 1 N–H and O–H groups in total. The number of thiazole rings is 1. The first-order valence-electron chi connectivity index (χ1n) is 7.54. The number of carboxylic acid groups (broad SMARTS) is 1. The second-order valence-electron chi connectivity index (χ2n) is 5.88. The summed E-state index contributed by atoms with van der Waals surface area (Å²) < 4.78 is 18.8. The van der Waals surface area contributed by atoms with E-state index in [9.17, 15) is 14.3 Å². The molecule has 0 saturated carbocycles. The minimum Gasteiger partial charge on any atom is -0.494 e. The average molecular weight is 352 g/mol. The van der Waals surface area contributed by atoms with Crippen LogP contribution in [0, 0.1) is 5.82 Å². The number of hydrogen-bond donors (Lipinski definition) is 1. The van der Waals surface area contributed by atoms with Crippen LogP contribution in [-0.2, 0) is 11.3 Å². The van der Waals surface area contributed by atoms with Gasteiger partial charge in [0.15, 0.2) is 11.6 Å². The Morgan fingerprint density at radius 1 is 1.46 bits per heavy atom. The average Bonchev–Trinajstić information content (AvgIpc) is 2.96. The molecule has 0 saturated heterocycles. The van der Waals surface area contributed by atoms with Gasteiger partial charge in [-0.15, -0.1) is 11.3 Å². The largest absolute Gasteiger partial charge is 0.494 e. The summed E-state index contributed by atoms with van der Waals surface area (Å²) in [5, 5.41) is 12.5. The predicted molar refractivity (Wildman–Crippen MR) is 91.0 cm³/mol. The highest BCUT2D eigenvalue weighted by molar-refractivity contribution is 7.09. The molecule has 1 atom stereocenters. The maximum atomic E-state index is 13.9. The number of methoxy groups -OCH3 is 1. The van der Waals surface area contributed by atoms with Crippen molar-refractivity contribution in [3.63, 3.8) is 0 Å². The molecule has 0 aliphatic heterocycles. The van der Waals surface area contributed by atoms with Crippen molar-refractivity contribution in [1.82, 2.24) is 9.88 Å². The molecule has 7 heteroatoms. The van der Waals surface area contributed by atoms with Gasteiger partial charge in [-0.2, -0.15) is 0 Å². The van der Waals surface area contributed by atoms with Crippen molar-refractivity contribution >= 4 is 17.3 Å². The number of likely N-dealkylation sites (N-methyl/N-ethyl adjacent to an activating group) is 1. The third-order valence-electron chi connectivity index (χ3n) is 3.64. The van der Waals surface area contributed by atoms with Gasteiger partial charge in [-0.25, -0.2) is 9.37 Å². The fourth-order valence-corrected chi connectivity index (χ4v) is 3.27. The Hall–Kier alpha value is -1.99. The molecule has 1 heterocycles. The van der Waals surface area contributed by atoms with Crippen molar-refractivity contribution < 1.29 is 19.0 Å². The molecule has 1 aromatic carbocycles. The summed E-state index contributed by atoms with van der Waals surface area (Å²) in [6.45, 7) is 4.49. The molecular formula is C17H21FN2O3S. The van der Waals surface area contributed by atoms with Crippen LogP contribution in [0.3, 0.4) is 0 Å². The molecule has 1 aromatic heterocycles. The van der Waals surface area contributed by atoms with Crippen LogP contribution in [0.5, 0.6) is 5.75 Å². The molecule has 0 aliphatic rings. The van der Waals surface area contributed by atoms with E-state index in [1.165, 1.54) is 19.2 Å². The topological polar surface area (TPSA) is 62.7 Å². The normalized spacial score (nSPS) is 12.6. The summed E-state index contributed by atoms with van der Waals surface area (Å²) in [5.41, 5.74) is 1.18. The fraction of sp³-hybridized carbons (Fsp3) is 0.412. The van der Waals surface area contributed by atoms with Crippen molar-refractivity contribution in [2.45, 2.75) is 32.4 Å². The van der Waals surface area contributed by atoms with Crippen LogP contribution < -0.4 is 4.74 Å². The Morgan fingerprint density at radius 3 is 2.67 bits per heavy atom. The maximum Gasteiger partial charge on any atom is 0.325 e. The van der Waals surface area contributed by atoms with Gasteiger partial charge >= 0.3 is 5.97 Å². The van der Waals surface area contributed by atoms with Crippen LogP contribution >= 0.6 is 11.3 Å². The lowest BCUT2D eigenvalue weighted by Gasteiger charge is -2.24. The molecule has 0 bridgehead atoms. The van der Waals surface area contributed by atoms with E-state index in [1.807, 2.05) is 5.38 Å². The quantitative estimate of drug-likeness (QED) is 0.824. The zero-order valence-corrected chi connectivity index (χ0v) is 14.9. The minimum absolute atomic E-state index is 0.0895. The van der Waals surface area contributed by atoms with Crippen LogP contribution in [0.1, 0.15) is 42.1 Å². The summed E-state index contributed by atoms with van der Waals surface area (Å²) >= 11 is 1.56. The predicted octanol–water partition coefficient (Wildman–Crippen LogP) is 3.67. The van der Waals surface area contributed by atoms with E-state index < -0.39 is 17.8 Å². The smallest absolute Gasteiger partial charge is 0.325 e. The van der Waals surface area contributed by atoms with Crippen LogP contribution in [0.2, 0.25) is 0 Å². The van der Waals surface area contributed by atoms with Crippen molar-refractivity contribution in [3.05, 3.63) is 45.7 Å². The molecule has 130 valence electrons. The Balaban J connectivity index is 2.22. The van der Waals surface area contributed by atoms with E-state index in [0.717, 1.165) is 10.7 Å². The third-order valence-corrected chi connectivity index (χ3v) is 4.84. The Bertz CT molecular complexity index is 718. The summed E-state index contributed by atoms with van der Waals surface area (Å²) in [6, 6.07) is 3.25. The number of ether oxygens (including phenoxy) is 1. The first-order chi connectivity index (χ1) is 11.3. The van der Waals surface area contributed by atoms with Gasteiger partial charge in [-0.05, 0) is 24.7 Å². The van der Waals surface area contributed by atoms with Gasteiger partial charge < -0.3 is 9.84 Å². The maximum absolute atomic E-state index is 13.9. The van der Waals surface area contributed by atoms with E-state index in [1.54, 1.807) is 29.4 Å². The molecular weight excluding hydrogens is 331 g/mol. The van der Waals surface area contributed by atoms with E-state index in [0.29, 0.717) is 18.0 Å². The highest BCUT2D eigenvalue weighted by atomic mass is 32.1. The molecule has 24 heavy (non-hydrogen) atoms. The Morgan fingerprint density at radius 2 is 2.17 bits per heavy atom. The van der Waals surface area contributed by atoms with Crippen LogP contribution in [0.4, 0.5) is 4.39 Å². The second kappa shape index (κ2) is 7.72. The van der Waals surface area contributed by atoms with Crippen molar-refractivity contribution in [1.29, 1.82) is 0 Å². The molecule has 0 aliphatic carbocycles. The van der Waals surface area contributed by atoms with Gasteiger partial charge in [-0.3, -0.25) is 9.69 Å². The molecule has 0 fully saturated rings. The number of carboxylic acids is 1. The van der Waals surface area contributed by atoms with Gasteiger partial charge in [0.2, 0.25) is 0 Å². The van der Waals surface area contributed by atoms with Crippen LogP contribution in [0.25, 0.3) is 0 Å². The van der Waals surface area contributed by atoms with E-state index in [2.05, 4.69) is 18.8 Å². The zero-order chi connectivity index (χ0) is 17.9. The number of hydrogen-bond acceptors (Lipinski definition) is 5. The zero-order valence-electron chi connectivity index (χ0n) is 14.1. The van der Waals surface area contributed by atoms with Gasteiger partial charge in [0.05, 0.1) is 17.8 Å². The summed E-state index contributed by atoms with van der Waals surface area (Å²) in [5.74, 6) is -1.20. The highest BCUT2D eigenvalue weighted by Gasteiger charge is 2.26. The lowest BCUT2D eigenvalue weighted by molar-refractivity contribution is -0.143.